The Morgan fingerprint density at radius 2 is 2.06 bits per heavy atom. The average Bonchev–Trinajstić information content (AvgIpc) is 2.26. The topological polar surface area (TPSA) is 113 Å². The molecule has 0 fully saturated rings. The summed E-state index contributed by atoms with van der Waals surface area (Å²) in [5.74, 6) is 0. The fourth-order valence-electron chi connectivity index (χ4n) is 1.36. The van der Waals surface area contributed by atoms with Crippen LogP contribution in [0.25, 0.3) is 0 Å². The van der Waals surface area contributed by atoms with E-state index >= 15 is 0 Å². The second-order valence-corrected chi connectivity index (χ2v) is 6.48. The predicted octanol–water partition coefficient (Wildman–Crippen LogP) is -0.172. The van der Waals surface area contributed by atoms with Crippen LogP contribution in [-0.4, -0.2) is 43.6 Å². The minimum absolute atomic E-state index is 0.0381. The molecule has 0 heterocycles. The molecule has 1 rings (SSSR count). The third-order valence-electron chi connectivity index (χ3n) is 2.47. The van der Waals surface area contributed by atoms with Gasteiger partial charge in [0.25, 0.3) is 0 Å². The van der Waals surface area contributed by atoms with Crippen molar-refractivity contribution in [2.24, 2.45) is 0 Å². The molecule has 0 aliphatic rings. The number of nitrogens with two attached hydrogens (primary N) is 1. The Kier molecular flexibility index (Phi) is 4.20. The normalized spacial score (nSPS) is 15.1. The van der Waals surface area contributed by atoms with Gasteiger partial charge in [-0.05, 0) is 19.1 Å². The van der Waals surface area contributed by atoms with Gasteiger partial charge in [-0.15, -0.1) is 0 Å². The first kappa shape index (κ1) is 14.7. The third kappa shape index (κ3) is 3.59. The van der Waals surface area contributed by atoms with Gasteiger partial charge in [-0.2, -0.15) is 0 Å². The fraction of sp³-hybridized carbons (Fsp3) is 0.455. The van der Waals surface area contributed by atoms with Crippen molar-refractivity contribution in [3.05, 3.63) is 18.2 Å². The SMILES string of the molecule is CC(O)(CO)CNc1cccc(S(C)(=O)=O)c1N. The van der Waals surface area contributed by atoms with Gasteiger partial charge in [0.05, 0.1) is 22.9 Å². The van der Waals surface area contributed by atoms with Crippen LogP contribution >= 0.6 is 0 Å². The number of rotatable bonds is 5. The molecular formula is C11H18N2O4S. The van der Waals surface area contributed by atoms with Crippen molar-refractivity contribution in [3.63, 3.8) is 0 Å². The van der Waals surface area contributed by atoms with Crippen molar-refractivity contribution >= 4 is 21.2 Å². The van der Waals surface area contributed by atoms with E-state index < -0.39 is 22.0 Å². The van der Waals surface area contributed by atoms with Crippen LogP contribution in [0.3, 0.4) is 0 Å². The molecule has 0 spiro atoms. The Balaban J connectivity index is 2.99. The van der Waals surface area contributed by atoms with Crippen LogP contribution in [0.5, 0.6) is 0 Å². The van der Waals surface area contributed by atoms with Gasteiger partial charge in [0.15, 0.2) is 9.84 Å². The number of hydrogen-bond donors (Lipinski definition) is 4. The zero-order valence-electron chi connectivity index (χ0n) is 10.3. The summed E-state index contributed by atoms with van der Waals surface area (Å²) < 4.78 is 22.9. The van der Waals surface area contributed by atoms with Crippen molar-refractivity contribution in [1.82, 2.24) is 0 Å². The van der Waals surface area contributed by atoms with Crippen molar-refractivity contribution in [2.75, 3.05) is 30.5 Å². The molecule has 1 aromatic rings. The van der Waals surface area contributed by atoms with Gasteiger partial charge in [0, 0.05) is 12.8 Å². The fourth-order valence-corrected chi connectivity index (χ4v) is 2.20. The number of sulfone groups is 1. The zero-order chi connectivity index (χ0) is 14.0. The molecule has 102 valence electrons. The third-order valence-corrected chi connectivity index (χ3v) is 3.62. The van der Waals surface area contributed by atoms with Crippen molar-refractivity contribution in [3.8, 4) is 0 Å². The number of para-hydroxylation sites is 1. The van der Waals surface area contributed by atoms with Crippen LogP contribution in [0.2, 0.25) is 0 Å². The Morgan fingerprint density at radius 3 is 2.56 bits per heavy atom. The summed E-state index contributed by atoms with van der Waals surface area (Å²) in [6.07, 6.45) is 1.08. The number of aliphatic hydroxyl groups is 2. The average molecular weight is 274 g/mol. The molecule has 0 bridgehead atoms. The second kappa shape index (κ2) is 5.13. The lowest BCUT2D eigenvalue weighted by Crippen LogP contribution is -2.37. The highest BCUT2D eigenvalue weighted by Crippen LogP contribution is 2.26. The highest BCUT2D eigenvalue weighted by molar-refractivity contribution is 7.90. The van der Waals surface area contributed by atoms with Crippen molar-refractivity contribution in [1.29, 1.82) is 0 Å². The van der Waals surface area contributed by atoms with E-state index in [0.717, 1.165) is 6.26 Å². The number of anilines is 2. The van der Waals surface area contributed by atoms with Crippen LogP contribution in [0.1, 0.15) is 6.92 Å². The van der Waals surface area contributed by atoms with E-state index in [1.165, 1.54) is 13.0 Å². The maximum absolute atomic E-state index is 11.5. The Bertz CT molecular complexity index is 526. The zero-order valence-corrected chi connectivity index (χ0v) is 11.2. The van der Waals surface area contributed by atoms with Crippen molar-refractivity contribution in [2.45, 2.75) is 17.4 Å². The smallest absolute Gasteiger partial charge is 0.177 e. The lowest BCUT2D eigenvalue weighted by molar-refractivity contribution is 0.0132. The first-order chi connectivity index (χ1) is 8.17. The Hall–Kier alpha value is -1.31. The largest absolute Gasteiger partial charge is 0.396 e. The highest BCUT2D eigenvalue weighted by atomic mass is 32.2. The molecule has 7 heteroatoms. The van der Waals surface area contributed by atoms with E-state index in [2.05, 4.69) is 5.32 Å². The molecule has 0 aromatic heterocycles. The first-order valence-electron chi connectivity index (χ1n) is 5.33. The van der Waals surface area contributed by atoms with Crippen LogP contribution in [0, 0.1) is 0 Å². The lowest BCUT2D eigenvalue weighted by Gasteiger charge is -2.22. The maximum atomic E-state index is 11.5. The summed E-state index contributed by atoms with van der Waals surface area (Å²) >= 11 is 0. The summed E-state index contributed by atoms with van der Waals surface area (Å²) in [6, 6.07) is 4.58. The predicted molar refractivity (Wildman–Crippen MR) is 70.2 cm³/mol. The van der Waals surface area contributed by atoms with E-state index in [4.69, 9.17) is 10.8 Å². The Labute approximate surface area is 106 Å². The summed E-state index contributed by atoms with van der Waals surface area (Å²) in [4.78, 5) is 0.0381. The summed E-state index contributed by atoms with van der Waals surface area (Å²) in [6.45, 7) is 1.10. The standard InChI is InChI=1S/C11H18N2O4S/c1-11(15,7-14)6-13-8-4-3-5-9(10(8)12)18(2,16)17/h3-5,13-15H,6-7,12H2,1-2H3. The van der Waals surface area contributed by atoms with Crippen LogP contribution in [-0.2, 0) is 9.84 Å². The van der Waals surface area contributed by atoms with Crippen molar-refractivity contribution < 1.29 is 18.6 Å². The van der Waals surface area contributed by atoms with Gasteiger partial charge in [-0.1, -0.05) is 6.07 Å². The van der Waals surface area contributed by atoms with Crippen LogP contribution in [0.4, 0.5) is 11.4 Å². The molecule has 0 saturated heterocycles. The van der Waals surface area contributed by atoms with Gasteiger partial charge in [0.2, 0.25) is 0 Å². The summed E-state index contributed by atoms with van der Waals surface area (Å²) in [7, 11) is -3.39. The van der Waals surface area contributed by atoms with Gasteiger partial charge >= 0.3 is 0 Å². The molecule has 1 unspecified atom stereocenters. The monoisotopic (exact) mass is 274 g/mol. The Morgan fingerprint density at radius 1 is 1.44 bits per heavy atom. The van der Waals surface area contributed by atoms with E-state index in [0.29, 0.717) is 5.69 Å². The minimum atomic E-state index is -3.39. The van der Waals surface area contributed by atoms with Gasteiger partial charge < -0.3 is 21.3 Å². The second-order valence-electron chi connectivity index (χ2n) is 4.50. The molecule has 0 saturated carbocycles. The van der Waals surface area contributed by atoms with Crippen LogP contribution in [0.15, 0.2) is 23.1 Å². The molecular weight excluding hydrogens is 256 g/mol. The molecule has 0 amide bonds. The van der Waals surface area contributed by atoms with Gasteiger partial charge in [0.1, 0.15) is 5.60 Å². The quantitative estimate of drug-likeness (QED) is 0.554. The lowest BCUT2D eigenvalue weighted by atomic mass is 10.1. The molecule has 0 aliphatic carbocycles. The highest BCUT2D eigenvalue weighted by Gasteiger charge is 2.20. The molecule has 0 aliphatic heterocycles. The molecule has 5 N–H and O–H groups in total. The molecule has 1 aromatic carbocycles. The number of nitrogens with one attached hydrogen (secondary N) is 1. The molecule has 18 heavy (non-hydrogen) atoms. The minimum Gasteiger partial charge on any atom is -0.396 e. The molecule has 0 radical (unpaired) electrons. The number of nitrogen functional groups attached to an aromatic ring is 1. The van der Waals surface area contributed by atoms with Crippen LogP contribution < -0.4 is 11.1 Å². The van der Waals surface area contributed by atoms with E-state index in [1.807, 2.05) is 0 Å². The molecule has 1 atom stereocenters. The number of hydrogen-bond acceptors (Lipinski definition) is 6. The summed E-state index contributed by atoms with van der Waals surface area (Å²) in [5, 5.41) is 21.4. The number of benzene rings is 1. The number of aliphatic hydroxyl groups excluding tert-OH is 1. The van der Waals surface area contributed by atoms with Gasteiger partial charge in [-0.25, -0.2) is 8.42 Å². The van der Waals surface area contributed by atoms with Gasteiger partial charge in [-0.3, -0.25) is 0 Å². The van der Waals surface area contributed by atoms with E-state index in [1.54, 1.807) is 12.1 Å². The molecule has 6 nitrogen and oxygen atoms in total. The first-order valence-corrected chi connectivity index (χ1v) is 7.22. The van der Waals surface area contributed by atoms with E-state index in [9.17, 15) is 13.5 Å². The maximum Gasteiger partial charge on any atom is 0.177 e. The van der Waals surface area contributed by atoms with E-state index in [-0.39, 0.29) is 17.1 Å². The summed E-state index contributed by atoms with van der Waals surface area (Å²) in [5.41, 5.74) is 4.97.